The van der Waals surface area contributed by atoms with Gasteiger partial charge in [0.05, 0.1) is 12.1 Å². The molecule has 24 heavy (non-hydrogen) atoms. The summed E-state index contributed by atoms with van der Waals surface area (Å²) in [5.41, 5.74) is 5.12. The molecule has 0 saturated carbocycles. The van der Waals surface area contributed by atoms with Gasteiger partial charge < -0.3 is 5.11 Å². The smallest absolute Gasteiger partial charge is 0.307 e. The molecule has 0 bridgehead atoms. The van der Waals surface area contributed by atoms with Gasteiger partial charge in [-0.2, -0.15) is 0 Å². The number of pyridine rings is 1. The number of aryl methyl sites for hydroxylation is 3. The highest BCUT2D eigenvalue weighted by molar-refractivity contribution is 6.31. The number of aromatic nitrogens is 3. The Balaban J connectivity index is 2.22. The van der Waals surface area contributed by atoms with E-state index in [4.69, 9.17) is 21.7 Å². The predicted octanol–water partition coefficient (Wildman–Crippen LogP) is 3.88. The summed E-state index contributed by atoms with van der Waals surface area (Å²) in [6.45, 7) is 6.02. The Hall–Kier alpha value is -2.40. The Morgan fingerprint density at radius 2 is 2.00 bits per heavy atom. The molecule has 0 amide bonds. The van der Waals surface area contributed by atoms with Crippen molar-refractivity contribution in [1.82, 2.24) is 14.5 Å². The lowest BCUT2D eigenvalue weighted by Crippen LogP contribution is -2.04. The quantitative estimate of drug-likeness (QED) is 0.780. The molecule has 0 spiro atoms. The number of halogens is 1. The zero-order chi connectivity index (χ0) is 17.4. The average Bonchev–Trinajstić information content (AvgIpc) is 2.87. The largest absolute Gasteiger partial charge is 0.481 e. The van der Waals surface area contributed by atoms with Crippen LogP contribution < -0.4 is 0 Å². The zero-order valence-electron chi connectivity index (χ0n) is 13.8. The van der Waals surface area contributed by atoms with E-state index < -0.39 is 5.97 Å². The molecule has 5 nitrogen and oxygen atoms in total. The van der Waals surface area contributed by atoms with Crippen molar-refractivity contribution in [1.29, 1.82) is 0 Å². The summed E-state index contributed by atoms with van der Waals surface area (Å²) in [6.07, 6.45) is 0.657. The topological polar surface area (TPSA) is 68.0 Å². The highest BCUT2D eigenvalue weighted by atomic mass is 35.5. The maximum atomic E-state index is 10.9. The molecule has 0 aliphatic heterocycles. The summed E-state index contributed by atoms with van der Waals surface area (Å²) in [6, 6.07) is 7.41. The molecule has 2 aromatic heterocycles. The number of carboxylic acids is 1. The monoisotopic (exact) mass is 343 g/mol. The standard InChI is InChI=1S/C18H18ClN3O2/c1-4-15-21-17-10(2)7-11(3)20-18(17)22(15)13-6-5-12(8-16(23)24)14(19)9-13/h5-7,9H,4,8H2,1-3H3,(H,23,24). The highest BCUT2D eigenvalue weighted by Crippen LogP contribution is 2.27. The van der Waals surface area contributed by atoms with E-state index in [1.165, 1.54) is 0 Å². The maximum Gasteiger partial charge on any atom is 0.307 e. The van der Waals surface area contributed by atoms with Crippen molar-refractivity contribution in [2.75, 3.05) is 0 Å². The number of imidazole rings is 1. The van der Waals surface area contributed by atoms with Crippen LogP contribution in [0.4, 0.5) is 0 Å². The second kappa shape index (κ2) is 6.24. The summed E-state index contributed by atoms with van der Waals surface area (Å²) in [5.74, 6) is -0.00635. The molecule has 0 saturated heterocycles. The van der Waals surface area contributed by atoms with Crippen molar-refractivity contribution in [3.63, 3.8) is 0 Å². The van der Waals surface area contributed by atoms with Crippen molar-refractivity contribution in [2.45, 2.75) is 33.6 Å². The van der Waals surface area contributed by atoms with Gasteiger partial charge in [-0.1, -0.05) is 24.6 Å². The van der Waals surface area contributed by atoms with Gasteiger partial charge in [0.25, 0.3) is 0 Å². The SMILES string of the molecule is CCc1nc2c(C)cc(C)nc2n1-c1ccc(CC(=O)O)c(Cl)c1. The highest BCUT2D eigenvalue weighted by Gasteiger charge is 2.16. The third kappa shape index (κ3) is 2.87. The first-order valence-electron chi connectivity index (χ1n) is 7.77. The van der Waals surface area contributed by atoms with E-state index >= 15 is 0 Å². The number of hydrogen-bond acceptors (Lipinski definition) is 3. The lowest BCUT2D eigenvalue weighted by atomic mass is 10.1. The van der Waals surface area contributed by atoms with Gasteiger partial charge in [0.15, 0.2) is 5.65 Å². The number of nitrogens with zero attached hydrogens (tertiary/aromatic N) is 3. The molecule has 6 heteroatoms. The van der Waals surface area contributed by atoms with E-state index in [0.29, 0.717) is 10.6 Å². The van der Waals surface area contributed by atoms with Gasteiger partial charge in [-0.25, -0.2) is 9.97 Å². The number of fused-ring (bicyclic) bond motifs is 1. The van der Waals surface area contributed by atoms with Crippen LogP contribution in [0.5, 0.6) is 0 Å². The van der Waals surface area contributed by atoms with Crippen molar-refractivity contribution in [3.8, 4) is 5.69 Å². The second-order valence-corrected chi connectivity index (χ2v) is 6.22. The number of hydrogen-bond donors (Lipinski definition) is 1. The van der Waals surface area contributed by atoms with Gasteiger partial charge in [-0.3, -0.25) is 9.36 Å². The molecule has 0 fully saturated rings. The van der Waals surface area contributed by atoms with Crippen molar-refractivity contribution >= 4 is 28.7 Å². The van der Waals surface area contributed by atoms with E-state index in [-0.39, 0.29) is 6.42 Å². The zero-order valence-corrected chi connectivity index (χ0v) is 14.6. The van der Waals surface area contributed by atoms with Crippen LogP contribution >= 0.6 is 11.6 Å². The molecule has 3 aromatic rings. The van der Waals surface area contributed by atoms with E-state index in [0.717, 1.165) is 40.4 Å². The molecule has 1 aromatic carbocycles. The molecular formula is C18H18ClN3O2. The van der Waals surface area contributed by atoms with Crippen molar-refractivity contribution in [2.24, 2.45) is 0 Å². The van der Waals surface area contributed by atoms with Gasteiger partial charge in [-0.15, -0.1) is 0 Å². The van der Waals surface area contributed by atoms with Crippen LogP contribution in [-0.4, -0.2) is 25.6 Å². The molecule has 2 heterocycles. The van der Waals surface area contributed by atoms with Gasteiger partial charge in [0.2, 0.25) is 0 Å². The minimum atomic E-state index is -0.903. The first kappa shape index (κ1) is 16.5. The van der Waals surface area contributed by atoms with Crippen molar-refractivity contribution in [3.05, 3.63) is 51.9 Å². The van der Waals surface area contributed by atoms with Crippen LogP contribution in [0.2, 0.25) is 5.02 Å². The summed E-state index contributed by atoms with van der Waals surface area (Å²) in [4.78, 5) is 20.3. The molecule has 0 aliphatic rings. The van der Waals surface area contributed by atoms with Crippen LogP contribution in [0.3, 0.4) is 0 Å². The normalized spacial score (nSPS) is 11.2. The predicted molar refractivity (Wildman–Crippen MR) is 94.1 cm³/mol. The molecule has 1 N–H and O–H groups in total. The summed E-state index contributed by atoms with van der Waals surface area (Å²) < 4.78 is 1.99. The van der Waals surface area contributed by atoms with E-state index in [1.54, 1.807) is 12.1 Å². The van der Waals surface area contributed by atoms with Crippen molar-refractivity contribution < 1.29 is 9.90 Å². The van der Waals surface area contributed by atoms with Crippen LogP contribution in [0.25, 0.3) is 16.9 Å². The molecule has 0 atom stereocenters. The number of carbonyl (C=O) groups is 1. The van der Waals surface area contributed by atoms with E-state index in [9.17, 15) is 4.79 Å². The lowest BCUT2D eigenvalue weighted by molar-refractivity contribution is -0.136. The fourth-order valence-electron chi connectivity index (χ4n) is 2.90. The Morgan fingerprint density at radius 1 is 1.25 bits per heavy atom. The number of rotatable bonds is 4. The molecule has 124 valence electrons. The van der Waals surface area contributed by atoms with E-state index in [1.807, 2.05) is 37.5 Å². The first-order chi connectivity index (χ1) is 11.4. The summed E-state index contributed by atoms with van der Waals surface area (Å²) in [5, 5.41) is 9.38. The van der Waals surface area contributed by atoms with Gasteiger partial charge in [0.1, 0.15) is 11.3 Å². The third-order valence-electron chi connectivity index (χ3n) is 3.96. The first-order valence-corrected chi connectivity index (χ1v) is 8.14. The Kier molecular flexibility index (Phi) is 4.28. The average molecular weight is 344 g/mol. The van der Waals surface area contributed by atoms with Crippen LogP contribution in [-0.2, 0) is 17.6 Å². The number of aliphatic carboxylic acids is 1. The minimum Gasteiger partial charge on any atom is -0.481 e. The van der Waals surface area contributed by atoms with Crippen LogP contribution in [0, 0.1) is 13.8 Å². The fourth-order valence-corrected chi connectivity index (χ4v) is 3.14. The van der Waals surface area contributed by atoms with Crippen LogP contribution in [0.15, 0.2) is 24.3 Å². The molecule has 0 unspecified atom stereocenters. The second-order valence-electron chi connectivity index (χ2n) is 5.82. The Bertz CT molecular complexity index is 947. The minimum absolute atomic E-state index is 0.0963. The molecule has 0 radical (unpaired) electrons. The Morgan fingerprint density at radius 3 is 2.62 bits per heavy atom. The van der Waals surface area contributed by atoms with Gasteiger partial charge in [-0.05, 0) is 43.2 Å². The summed E-state index contributed by atoms with van der Waals surface area (Å²) in [7, 11) is 0. The third-order valence-corrected chi connectivity index (χ3v) is 4.31. The molecular weight excluding hydrogens is 326 g/mol. The molecule has 0 aliphatic carbocycles. The number of benzene rings is 1. The fraction of sp³-hybridized carbons (Fsp3) is 0.278. The van der Waals surface area contributed by atoms with E-state index in [2.05, 4.69) is 4.98 Å². The Labute approximate surface area is 144 Å². The number of carboxylic acid groups (broad SMARTS) is 1. The molecule has 3 rings (SSSR count). The van der Waals surface area contributed by atoms with Gasteiger partial charge in [0, 0.05) is 17.1 Å². The summed E-state index contributed by atoms with van der Waals surface area (Å²) >= 11 is 6.28. The van der Waals surface area contributed by atoms with Crippen LogP contribution in [0.1, 0.15) is 29.6 Å². The van der Waals surface area contributed by atoms with Gasteiger partial charge >= 0.3 is 5.97 Å². The lowest BCUT2D eigenvalue weighted by Gasteiger charge is -2.10. The maximum absolute atomic E-state index is 10.9.